The highest BCUT2D eigenvalue weighted by Gasteiger charge is 2.40. The quantitative estimate of drug-likeness (QED) is 0.306. The molecule has 4 aromatic carbocycles. The van der Waals surface area contributed by atoms with Crippen molar-refractivity contribution in [2.45, 2.75) is 13.2 Å². The van der Waals surface area contributed by atoms with Crippen molar-refractivity contribution < 1.29 is 39.6 Å². The van der Waals surface area contributed by atoms with Gasteiger partial charge in [-0.05, 0) is 60.7 Å². The van der Waals surface area contributed by atoms with Gasteiger partial charge in [0.2, 0.25) is 0 Å². The molecule has 0 aliphatic carbocycles. The summed E-state index contributed by atoms with van der Waals surface area (Å²) >= 11 is 0. The number of nitrogens with zero attached hydrogens (tertiary/aromatic N) is 2. The molecule has 0 bridgehead atoms. The highest BCUT2D eigenvalue weighted by atomic mass is 16.3. The molecule has 10 heteroatoms. The van der Waals surface area contributed by atoms with Gasteiger partial charge in [0.1, 0.15) is 11.5 Å². The maximum atomic E-state index is 13.5. The Hall–Kier alpha value is -5.06. The number of hydrogen-bond acceptors (Lipinski definition) is 8. The Morgan fingerprint density at radius 1 is 0.500 bits per heavy atom. The predicted molar refractivity (Wildman–Crippen MR) is 134 cm³/mol. The molecule has 0 aromatic heterocycles. The second-order valence-corrected chi connectivity index (χ2v) is 8.91. The lowest BCUT2D eigenvalue weighted by Gasteiger charge is -2.32. The first kappa shape index (κ1) is 23.3. The molecule has 6 rings (SSSR count). The van der Waals surface area contributed by atoms with E-state index in [-0.39, 0.29) is 67.0 Å². The molecule has 10 nitrogen and oxygen atoms in total. The van der Waals surface area contributed by atoms with Crippen molar-refractivity contribution in [1.29, 1.82) is 0 Å². The Morgan fingerprint density at radius 2 is 0.816 bits per heavy atom. The number of rotatable bonds is 4. The normalized spacial score (nSPS) is 14.6. The number of hydrogen-bond donors (Lipinski definition) is 4. The summed E-state index contributed by atoms with van der Waals surface area (Å²) in [5.74, 6) is -3.12. The van der Waals surface area contributed by atoms with Gasteiger partial charge in [-0.1, -0.05) is 0 Å². The van der Waals surface area contributed by atoms with Crippen LogP contribution in [0.5, 0.6) is 11.5 Å². The minimum Gasteiger partial charge on any atom is -0.508 e. The van der Waals surface area contributed by atoms with E-state index in [4.69, 9.17) is 0 Å². The number of carbonyl (C=O) groups excluding carboxylic acids is 4. The average Bonchev–Trinajstić information content (AvgIpc) is 2.92. The van der Waals surface area contributed by atoms with E-state index in [2.05, 4.69) is 0 Å². The average molecular weight is 510 g/mol. The van der Waals surface area contributed by atoms with E-state index < -0.39 is 36.8 Å². The summed E-state index contributed by atoms with van der Waals surface area (Å²) in [4.78, 5) is 56.0. The van der Waals surface area contributed by atoms with Crippen molar-refractivity contribution in [3.05, 3.63) is 94.0 Å². The van der Waals surface area contributed by atoms with Crippen LogP contribution < -0.4 is 9.80 Å². The first-order valence-electron chi connectivity index (χ1n) is 11.5. The minimum absolute atomic E-state index is 0.111. The monoisotopic (exact) mass is 510 g/mol. The predicted octanol–water partition coefficient (Wildman–Crippen LogP) is 2.84. The topological polar surface area (TPSA) is 156 Å². The Labute approximate surface area is 214 Å². The molecule has 0 fully saturated rings. The van der Waals surface area contributed by atoms with Crippen LogP contribution in [0.15, 0.2) is 60.7 Å². The second kappa shape index (κ2) is 8.23. The molecule has 2 aliphatic rings. The van der Waals surface area contributed by atoms with Gasteiger partial charge in [-0.15, -0.1) is 0 Å². The van der Waals surface area contributed by atoms with Gasteiger partial charge in [-0.25, -0.2) is 9.80 Å². The van der Waals surface area contributed by atoms with Crippen molar-refractivity contribution in [1.82, 2.24) is 0 Å². The van der Waals surface area contributed by atoms with Crippen molar-refractivity contribution in [3.63, 3.8) is 0 Å². The Bertz CT molecular complexity index is 1560. The maximum Gasteiger partial charge on any atom is 0.265 e. The highest BCUT2D eigenvalue weighted by molar-refractivity contribution is 6.42. The molecule has 38 heavy (non-hydrogen) atoms. The lowest BCUT2D eigenvalue weighted by molar-refractivity contribution is 0.0873. The van der Waals surface area contributed by atoms with Crippen LogP contribution in [-0.4, -0.2) is 44.1 Å². The molecular weight excluding hydrogens is 492 g/mol. The zero-order chi connectivity index (χ0) is 26.9. The van der Waals surface area contributed by atoms with Gasteiger partial charge in [0.15, 0.2) is 0 Å². The van der Waals surface area contributed by atoms with Crippen LogP contribution in [0.4, 0.5) is 11.4 Å². The van der Waals surface area contributed by atoms with E-state index in [0.29, 0.717) is 0 Å². The van der Waals surface area contributed by atoms with Crippen molar-refractivity contribution in [2.24, 2.45) is 0 Å². The number of carbonyl (C=O) groups is 4. The molecule has 0 atom stereocenters. The molecule has 4 N–H and O–H groups in total. The number of aliphatic hydroxyl groups is 2. The van der Waals surface area contributed by atoms with Crippen LogP contribution in [0.25, 0.3) is 10.8 Å². The van der Waals surface area contributed by atoms with Gasteiger partial charge < -0.3 is 20.4 Å². The molecule has 0 saturated heterocycles. The summed E-state index contributed by atoms with van der Waals surface area (Å²) in [7, 11) is 0. The van der Waals surface area contributed by atoms with Crippen LogP contribution in [0.3, 0.4) is 0 Å². The SMILES string of the molecule is O=C1c2ccc3c4c(ccc(c24)C(=O)N1c1ccc(O)c(CO)c1)C(=O)N(c1ccc(O)c(CO)c1)C3=O. The third-order valence-electron chi connectivity index (χ3n) is 6.88. The highest BCUT2D eigenvalue weighted by Crippen LogP contribution is 2.41. The van der Waals surface area contributed by atoms with E-state index in [1.807, 2.05) is 0 Å². The molecule has 2 heterocycles. The van der Waals surface area contributed by atoms with Gasteiger partial charge in [0.25, 0.3) is 23.6 Å². The number of imide groups is 2. The minimum atomic E-state index is -0.686. The lowest BCUT2D eigenvalue weighted by Crippen LogP contribution is -2.43. The molecule has 4 amide bonds. The molecule has 0 saturated carbocycles. The largest absolute Gasteiger partial charge is 0.508 e. The van der Waals surface area contributed by atoms with Crippen LogP contribution in [-0.2, 0) is 13.2 Å². The van der Waals surface area contributed by atoms with Gasteiger partial charge >= 0.3 is 0 Å². The van der Waals surface area contributed by atoms with E-state index >= 15 is 0 Å². The summed E-state index contributed by atoms with van der Waals surface area (Å²) < 4.78 is 0. The Kier molecular flexibility index (Phi) is 5.06. The van der Waals surface area contributed by atoms with Crippen LogP contribution in [0.1, 0.15) is 52.6 Å². The van der Waals surface area contributed by atoms with Gasteiger partial charge in [-0.2, -0.15) is 0 Å². The zero-order valence-corrected chi connectivity index (χ0v) is 19.5. The molecule has 2 aliphatic heterocycles. The molecular formula is C28H18N2O8. The third-order valence-corrected chi connectivity index (χ3v) is 6.88. The summed E-state index contributed by atoms with van der Waals surface area (Å²) in [6, 6.07) is 13.6. The van der Waals surface area contributed by atoms with E-state index in [1.54, 1.807) is 0 Å². The number of aliphatic hydroxyl groups excluding tert-OH is 2. The first-order chi connectivity index (χ1) is 18.3. The van der Waals surface area contributed by atoms with Crippen molar-refractivity contribution in [3.8, 4) is 11.5 Å². The molecule has 0 radical (unpaired) electrons. The number of anilines is 2. The smallest absolute Gasteiger partial charge is 0.265 e. The van der Waals surface area contributed by atoms with Crippen LogP contribution in [0.2, 0.25) is 0 Å². The summed E-state index contributed by atoms with van der Waals surface area (Å²) in [6.45, 7) is -1.01. The molecule has 0 spiro atoms. The summed E-state index contributed by atoms with van der Waals surface area (Å²) in [5.41, 5.74) is 1.00. The Morgan fingerprint density at radius 3 is 1.11 bits per heavy atom. The first-order valence-corrected chi connectivity index (χ1v) is 11.5. The van der Waals surface area contributed by atoms with Crippen molar-refractivity contribution in [2.75, 3.05) is 9.80 Å². The summed E-state index contributed by atoms with van der Waals surface area (Å²) in [6.07, 6.45) is 0. The summed E-state index contributed by atoms with van der Waals surface area (Å²) in [5, 5.41) is 39.2. The van der Waals surface area contributed by atoms with Crippen molar-refractivity contribution >= 4 is 45.8 Å². The second-order valence-electron chi connectivity index (χ2n) is 8.91. The number of aromatic hydroxyl groups is 2. The fourth-order valence-corrected chi connectivity index (χ4v) is 5.02. The fourth-order valence-electron chi connectivity index (χ4n) is 5.02. The van der Waals surface area contributed by atoms with Crippen LogP contribution in [0, 0.1) is 0 Å². The van der Waals surface area contributed by atoms with Gasteiger partial charge in [-0.3, -0.25) is 19.2 Å². The molecule has 4 aromatic rings. The van der Waals surface area contributed by atoms with E-state index in [9.17, 15) is 39.6 Å². The standard InChI is InChI=1S/C28H18N2O8/c31-11-13-9-15(1-7-21(13)33)29-25(35)17-3-5-19-24-20(6-4-18(23(17)24)26(29)36)28(38)30(27(19)37)16-2-8-22(34)14(10-16)12-32/h1-10,31-34H,11-12H2. The number of benzene rings is 4. The van der Waals surface area contributed by atoms with Crippen LogP contribution >= 0.6 is 0 Å². The van der Waals surface area contributed by atoms with Gasteiger partial charge in [0, 0.05) is 44.2 Å². The Balaban J connectivity index is 1.52. The molecule has 188 valence electrons. The maximum absolute atomic E-state index is 13.5. The molecule has 0 unspecified atom stereocenters. The fraction of sp³-hybridized carbons (Fsp3) is 0.0714. The number of phenols is 2. The third kappa shape index (κ3) is 3.08. The zero-order valence-electron chi connectivity index (χ0n) is 19.5. The van der Waals surface area contributed by atoms with Gasteiger partial charge in [0.05, 0.1) is 24.6 Å². The van der Waals surface area contributed by atoms with E-state index in [1.165, 1.54) is 60.7 Å². The lowest BCUT2D eigenvalue weighted by atomic mass is 9.85. The van der Waals surface area contributed by atoms with E-state index in [0.717, 1.165) is 9.80 Å². The number of amides is 4.